The number of nitrogen functional groups attached to an aromatic ring is 6. The number of hydrogen-bond acceptors (Lipinski definition) is 28. The molecule has 17 N–H and O–H groups in total. The summed E-state index contributed by atoms with van der Waals surface area (Å²) in [6.45, 7) is 5.46. The molecule has 0 spiro atoms. The van der Waals surface area contributed by atoms with E-state index in [2.05, 4.69) is 125 Å². The molecule has 0 amide bonds. The number of aromatic nitrogens is 13. The van der Waals surface area contributed by atoms with Gasteiger partial charge in [0.1, 0.15) is 126 Å². The van der Waals surface area contributed by atoms with Crippen LogP contribution in [0.25, 0.3) is 22.1 Å². The summed E-state index contributed by atoms with van der Waals surface area (Å²) in [5, 5.41) is 68.5. The Morgan fingerprint density at radius 3 is 1.17 bits per heavy atom. The number of halogens is 6. The van der Waals surface area contributed by atoms with Gasteiger partial charge in [-0.25, -0.2) is 44.9 Å². The molecule has 0 radical (unpaired) electrons. The molecule has 13 aromatic rings. The highest BCUT2D eigenvalue weighted by atomic mass is 79.9. The lowest BCUT2D eigenvalue weighted by Crippen LogP contribution is -2.12. The van der Waals surface area contributed by atoms with Gasteiger partial charge in [-0.3, -0.25) is 29.2 Å². The Morgan fingerprint density at radius 2 is 0.791 bits per heavy atom. The number of aryl methyl sites for hydroxylation is 5. The summed E-state index contributed by atoms with van der Waals surface area (Å²) in [6, 6.07) is 52.9. The number of hydrogen-bond donors (Lipinski definition) is 11. The molecule has 0 aliphatic carbocycles. The summed E-state index contributed by atoms with van der Waals surface area (Å²) in [6.07, 6.45) is 0. The molecule has 0 atom stereocenters. The Bertz CT molecular complexity index is 5610. The Kier molecular flexibility index (Phi) is 32.1. The predicted octanol–water partition coefficient (Wildman–Crippen LogP) is 13.6. The minimum absolute atomic E-state index is 0.206. The number of nitrogens with two attached hydrogens (primary N) is 6. The number of ether oxygens (including phenoxy) is 2. The van der Waals surface area contributed by atoms with Crippen molar-refractivity contribution in [2.45, 2.75) is 20.8 Å². The molecule has 0 aliphatic rings. The van der Waals surface area contributed by atoms with Gasteiger partial charge < -0.3 is 59.8 Å². The molecule has 0 saturated carbocycles. The van der Waals surface area contributed by atoms with E-state index in [-0.39, 0.29) is 16.3 Å². The van der Waals surface area contributed by atoms with Crippen LogP contribution >= 0.6 is 82.6 Å². The third-order valence-electron chi connectivity index (χ3n) is 13.9. The van der Waals surface area contributed by atoms with Crippen molar-refractivity contribution in [3.8, 4) is 47.9 Å². The number of methoxy groups -OCH3 is 2. The number of nitriles is 6. The third kappa shape index (κ3) is 24.5. The van der Waals surface area contributed by atoms with Crippen LogP contribution in [0.2, 0.25) is 15.2 Å². The molecular weight excluding hydrogens is 1670 g/mol. The molecule has 11 heterocycles. The van der Waals surface area contributed by atoms with Gasteiger partial charge in [-0.15, -0.1) is 0 Å². The summed E-state index contributed by atoms with van der Waals surface area (Å²) in [7, 11) is 6.27. The molecule has 11 aromatic heterocycles. The number of benzene rings is 2. The van der Waals surface area contributed by atoms with E-state index in [1.807, 2.05) is 63.3 Å². The normalized spacial score (nSPS) is 9.74. The topological polar surface area (TPSA) is 545 Å². The zero-order valence-corrected chi connectivity index (χ0v) is 65.8. The number of anilines is 12. The first-order valence-electron chi connectivity index (χ1n) is 31.1. The van der Waals surface area contributed by atoms with Crippen molar-refractivity contribution >= 4 is 174 Å². The van der Waals surface area contributed by atoms with Crippen molar-refractivity contribution in [2.75, 3.05) is 64.6 Å². The summed E-state index contributed by atoms with van der Waals surface area (Å²) in [4.78, 5) is 60.5. The standard InChI is InChI=1S/C21H18ClN7O2.C14H12Cl2N4O2.2C7H7N3.2C6H4BrN3.C6H5N3.C5H5BrN2/c1-11-7-8-16(25-15(11)10-23)26-17-9-14(18-20(27-17)28-29(2)21(18)30)24-13-6-4-5-12(22)19(13)31-3;1-20-14(21)11-9(6-10(16)18-13(11)19-20)17-8-5-3-4-7(15)12(8)22-2;2*1-5-2-3-7(9)10-6(5)4-8;2*7-4-1-2-6(9)10-5(4)3-8;7-4-5-2-1-3-6(8)9-5;6-4-2-1-3-5(7)8-4/h4-9H,1-3H3,(H3,24,25,26,27,28);3-6H,1-2H3,(H2,17,18,19);2*2-3H,1H3,(H2,9,10);2*1-2H,(H2,9,10);1-3H,(H2,8,9);1-3H,(H2,7,8). The minimum Gasteiger partial charge on any atom is -0.493 e. The largest absolute Gasteiger partial charge is 0.493 e. The van der Waals surface area contributed by atoms with Gasteiger partial charge >= 0.3 is 0 Å². The van der Waals surface area contributed by atoms with Crippen LogP contribution < -0.4 is 70.9 Å². The molecule has 13 rings (SSSR count). The Balaban J connectivity index is 0.000000209. The van der Waals surface area contributed by atoms with E-state index in [1.165, 1.54) is 23.6 Å². The second kappa shape index (κ2) is 41.3. The fourth-order valence-electron chi connectivity index (χ4n) is 8.76. The molecule has 556 valence electrons. The summed E-state index contributed by atoms with van der Waals surface area (Å²) >= 11 is 27.8. The third-order valence-corrected chi connectivity index (χ3v) is 16.5. The van der Waals surface area contributed by atoms with E-state index in [1.54, 1.807) is 148 Å². The van der Waals surface area contributed by atoms with Crippen molar-refractivity contribution in [3.05, 3.63) is 246 Å². The molecule has 0 fully saturated rings. The maximum Gasteiger partial charge on any atom is 0.277 e. The molecule has 32 nitrogen and oxygen atoms in total. The van der Waals surface area contributed by atoms with E-state index in [0.717, 1.165) is 21.3 Å². The number of H-pyrrole nitrogens is 2. The van der Waals surface area contributed by atoms with Crippen molar-refractivity contribution in [1.29, 1.82) is 31.6 Å². The zero-order chi connectivity index (χ0) is 80.9. The molecule has 2 aromatic carbocycles. The lowest BCUT2D eigenvalue weighted by molar-refractivity contribution is 0.417. The highest BCUT2D eigenvalue weighted by Crippen LogP contribution is 2.38. The average Bonchev–Trinajstić information content (AvgIpc) is 1.62. The Labute approximate surface area is 667 Å². The highest BCUT2D eigenvalue weighted by molar-refractivity contribution is 9.11. The van der Waals surface area contributed by atoms with Gasteiger partial charge in [-0.2, -0.15) is 31.6 Å². The average molecular weight is 1730 g/mol. The number of nitrogens with one attached hydrogen (secondary N) is 5. The van der Waals surface area contributed by atoms with Gasteiger partial charge in [0.2, 0.25) is 0 Å². The Morgan fingerprint density at radius 1 is 0.409 bits per heavy atom. The molecule has 0 unspecified atom stereocenters. The number of aromatic amines is 2. The Hall–Kier alpha value is -13.6. The van der Waals surface area contributed by atoms with Gasteiger partial charge in [-0.05, 0) is 182 Å². The van der Waals surface area contributed by atoms with Crippen LogP contribution in [-0.2, 0) is 14.1 Å². The monoisotopic (exact) mass is 1720 g/mol. The zero-order valence-electron chi connectivity index (χ0n) is 58.8. The lowest BCUT2D eigenvalue weighted by Gasteiger charge is -2.14. The number of rotatable bonds is 8. The number of para-hydroxylation sites is 2. The lowest BCUT2D eigenvalue weighted by atomic mass is 10.2. The van der Waals surface area contributed by atoms with Crippen LogP contribution in [0.3, 0.4) is 0 Å². The van der Waals surface area contributed by atoms with Crippen molar-refractivity contribution in [1.82, 2.24) is 64.4 Å². The summed E-state index contributed by atoms with van der Waals surface area (Å²) < 4.78 is 15.5. The van der Waals surface area contributed by atoms with Gasteiger partial charge in [0.15, 0.2) is 34.2 Å². The van der Waals surface area contributed by atoms with Gasteiger partial charge in [-0.1, -0.05) is 77.3 Å². The van der Waals surface area contributed by atoms with Gasteiger partial charge in [0, 0.05) is 20.2 Å². The maximum absolute atomic E-state index is 12.7. The molecule has 0 saturated heterocycles. The smallest absolute Gasteiger partial charge is 0.277 e. The van der Waals surface area contributed by atoms with Gasteiger partial charge in [0.25, 0.3) is 11.1 Å². The van der Waals surface area contributed by atoms with E-state index in [0.29, 0.717) is 156 Å². The number of fused-ring (bicyclic) bond motifs is 2. The second-order valence-electron chi connectivity index (χ2n) is 21.8. The first-order chi connectivity index (χ1) is 52.5. The van der Waals surface area contributed by atoms with Crippen LogP contribution in [0, 0.1) is 88.8 Å². The van der Waals surface area contributed by atoms with Crippen molar-refractivity contribution in [2.24, 2.45) is 14.1 Å². The fraction of sp³-hybridized carbons (Fsp3) is 0.0972. The van der Waals surface area contributed by atoms with E-state index in [9.17, 15) is 14.9 Å². The van der Waals surface area contributed by atoms with Gasteiger partial charge in [0.05, 0.1) is 56.0 Å². The van der Waals surface area contributed by atoms with Crippen LogP contribution in [0.4, 0.5) is 69.3 Å². The highest BCUT2D eigenvalue weighted by Gasteiger charge is 2.19. The molecule has 38 heteroatoms. The van der Waals surface area contributed by atoms with E-state index in [4.69, 9.17) is 105 Å². The van der Waals surface area contributed by atoms with Crippen LogP contribution in [0.5, 0.6) is 11.5 Å². The van der Waals surface area contributed by atoms with Crippen molar-refractivity contribution in [3.63, 3.8) is 0 Å². The van der Waals surface area contributed by atoms with E-state index < -0.39 is 0 Å². The molecular formula is C72H62Br3Cl3N28O4. The first-order valence-corrected chi connectivity index (χ1v) is 34.6. The summed E-state index contributed by atoms with van der Waals surface area (Å²) in [5.41, 5.74) is 39.1. The molecule has 110 heavy (non-hydrogen) atoms. The van der Waals surface area contributed by atoms with Crippen molar-refractivity contribution < 1.29 is 9.47 Å². The van der Waals surface area contributed by atoms with E-state index >= 15 is 0 Å². The summed E-state index contributed by atoms with van der Waals surface area (Å²) in [5.74, 6) is 4.25. The van der Waals surface area contributed by atoms with Crippen LogP contribution in [-0.4, -0.2) is 78.6 Å². The molecule has 0 aliphatic heterocycles. The predicted molar refractivity (Wildman–Crippen MR) is 435 cm³/mol. The fourth-order valence-corrected chi connectivity index (χ4v) is 10.4. The van der Waals surface area contributed by atoms with Crippen LogP contribution in [0.15, 0.2) is 169 Å². The molecule has 0 bridgehead atoms. The number of nitrogens with zero attached hydrogens (tertiary/aromatic N) is 17. The number of pyridine rings is 9. The second-order valence-corrected chi connectivity index (χ2v) is 25.5. The maximum atomic E-state index is 12.7. The minimum atomic E-state index is -0.238. The SMILES string of the molecule is COc1c(Cl)cccc1Nc1cc(Cl)nc2[nH]n(C)c(=O)c12.COc1c(Cl)cccc1Nc1cc(Nc2ccc(C)c(C#N)n2)nc2[nH]n(C)c(=O)c12.Cc1ccc(N)nc1C#N.Cc1ccc(N)nc1C#N.N#Cc1cccc(N)n1.N#Cc1nc(N)ccc1Br.N#Cc1nc(N)ccc1Br.Nc1cccc(Br)n1. The van der Waals surface area contributed by atoms with Crippen LogP contribution in [0.1, 0.15) is 50.9 Å². The first kappa shape index (κ1) is 85.3. The quantitative estimate of drug-likeness (QED) is 0.0629.